The summed E-state index contributed by atoms with van der Waals surface area (Å²) < 4.78 is 7.46. The van der Waals surface area contributed by atoms with Crippen molar-refractivity contribution in [3.63, 3.8) is 0 Å². The van der Waals surface area contributed by atoms with Gasteiger partial charge in [-0.2, -0.15) is 0 Å². The summed E-state index contributed by atoms with van der Waals surface area (Å²) in [6.07, 6.45) is 16.2. The zero-order chi connectivity index (χ0) is 38.4. The zero-order valence-electron chi connectivity index (χ0n) is 35.4. The van der Waals surface area contributed by atoms with E-state index in [4.69, 9.17) is 4.74 Å². The quantitative estimate of drug-likeness (QED) is 0.113. The average molecular weight is 698 g/mol. The van der Waals surface area contributed by atoms with Gasteiger partial charge in [0.15, 0.2) is 5.78 Å². The molecule has 0 spiro atoms. The molecule has 1 heterocycles. The van der Waals surface area contributed by atoms with Crippen LogP contribution in [-0.4, -0.2) is 17.5 Å². The molecular weight excluding hydrogens is 623 g/mol. The number of ether oxygens (including phenoxy) is 1. The van der Waals surface area contributed by atoms with E-state index in [0.717, 1.165) is 29.1 Å². The van der Waals surface area contributed by atoms with Crippen LogP contribution in [0.2, 0.25) is 0 Å². The summed E-state index contributed by atoms with van der Waals surface area (Å²) in [5.41, 5.74) is 9.61. The molecule has 51 heavy (non-hydrogen) atoms. The van der Waals surface area contributed by atoms with Crippen molar-refractivity contribution >= 4 is 5.78 Å². The molecule has 3 heteroatoms. The van der Waals surface area contributed by atoms with Crippen LogP contribution in [0.5, 0.6) is 5.75 Å². The molecule has 1 unspecified atom stereocenters. The third-order valence-corrected chi connectivity index (χ3v) is 10.1. The SMILES string of the molecule is CC(C)(C)CCCCC1=CCCCC1.CC(CCC(C)(C)C)c1ccccc1.COc1ccc(Cn2c(C)c(C(C)=O)c(C(C)(C)C)c2C)cc1. The van der Waals surface area contributed by atoms with E-state index in [1.807, 2.05) is 19.1 Å². The maximum Gasteiger partial charge on any atom is 0.161 e. The largest absolute Gasteiger partial charge is 0.497 e. The van der Waals surface area contributed by atoms with Gasteiger partial charge >= 0.3 is 0 Å². The van der Waals surface area contributed by atoms with Gasteiger partial charge in [0.1, 0.15) is 5.75 Å². The Morgan fingerprint density at radius 1 is 0.804 bits per heavy atom. The van der Waals surface area contributed by atoms with Crippen molar-refractivity contribution < 1.29 is 9.53 Å². The number of nitrogens with zero attached hydrogens (tertiary/aromatic N) is 1. The first-order valence-corrected chi connectivity index (χ1v) is 19.8. The van der Waals surface area contributed by atoms with Crippen LogP contribution in [0.15, 0.2) is 66.2 Å². The summed E-state index contributed by atoms with van der Waals surface area (Å²) >= 11 is 0. The molecule has 284 valence electrons. The molecule has 0 fully saturated rings. The molecule has 2 aromatic carbocycles. The minimum atomic E-state index is -0.0546. The Balaban J connectivity index is 0.000000280. The molecular formula is C48H75NO2. The number of Topliss-reactive ketones (excluding diaryl/α,β-unsaturated/α-hetero) is 1. The number of benzene rings is 2. The third kappa shape index (κ3) is 16.0. The molecule has 1 aliphatic rings. The standard InChI is InChI=1S/C20H27NO2.C14H22.C14H26/c1-13-18(15(3)22)19(20(4,5)6)14(2)21(13)12-16-8-10-17(23-7)11-9-16;1-12(10-11-14(2,3)4)13-8-6-5-7-9-13;1-14(2,3)12-8-7-11-13-9-5-4-6-10-13/h8-11H,12H2,1-7H3;5-9,12H,10-11H2,1-4H3;9H,4-8,10-12H2,1-3H3. The molecule has 4 rings (SSSR count). The Hall–Kier alpha value is -3.07. The maximum atomic E-state index is 12.2. The number of carbonyl (C=O) groups excluding carboxylic acids is 1. The van der Waals surface area contributed by atoms with Crippen molar-refractivity contribution in [2.24, 2.45) is 10.8 Å². The Labute approximate surface area is 314 Å². The summed E-state index contributed by atoms with van der Waals surface area (Å²) in [6.45, 7) is 29.4. The second kappa shape index (κ2) is 20.2. The fourth-order valence-corrected chi connectivity index (χ4v) is 7.12. The lowest BCUT2D eigenvalue weighted by Crippen LogP contribution is -2.16. The minimum absolute atomic E-state index is 0.0546. The van der Waals surface area contributed by atoms with Crippen molar-refractivity contribution in [2.75, 3.05) is 7.11 Å². The fraction of sp³-hybridized carbons (Fsp3) is 0.604. The van der Waals surface area contributed by atoms with E-state index in [-0.39, 0.29) is 11.2 Å². The number of ketones is 1. The van der Waals surface area contributed by atoms with Crippen molar-refractivity contribution in [1.29, 1.82) is 0 Å². The van der Waals surface area contributed by atoms with E-state index in [9.17, 15) is 4.79 Å². The summed E-state index contributed by atoms with van der Waals surface area (Å²) in [6, 6.07) is 18.9. The van der Waals surface area contributed by atoms with Crippen molar-refractivity contribution in [3.8, 4) is 5.75 Å². The Morgan fingerprint density at radius 3 is 1.88 bits per heavy atom. The van der Waals surface area contributed by atoms with Crippen LogP contribution >= 0.6 is 0 Å². The fourth-order valence-electron chi connectivity index (χ4n) is 7.12. The molecule has 0 radical (unpaired) electrons. The van der Waals surface area contributed by atoms with Crippen molar-refractivity contribution in [2.45, 2.75) is 172 Å². The van der Waals surface area contributed by atoms with Gasteiger partial charge in [-0.1, -0.05) is 130 Å². The first kappa shape index (κ1) is 44.1. The summed E-state index contributed by atoms with van der Waals surface area (Å²) in [5, 5.41) is 0. The zero-order valence-corrected chi connectivity index (χ0v) is 35.4. The normalized spacial score (nSPS) is 14.0. The predicted molar refractivity (Wildman–Crippen MR) is 223 cm³/mol. The molecule has 1 aromatic heterocycles. The van der Waals surface area contributed by atoms with E-state index < -0.39 is 0 Å². The Morgan fingerprint density at radius 2 is 1.41 bits per heavy atom. The lowest BCUT2D eigenvalue weighted by atomic mass is 9.83. The monoisotopic (exact) mass is 698 g/mol. The highest BCUT2D eigenvalue weighted by atomic mass is 16.5. The Kier molecular flexibility index (Phi) is 17.5. The lowest BCUT2D eigenvalue weighted by molar-refractivity contribution is 0.101. The smallest absolute Gasteiger partial charge is 0.161 e. The lowest BCUT2D eigenvalue weighted by Gasteiger charge is -2.21. The molecule has 3 aromatic rings. The first-order valence-electron chi connectivity index (χ1n) is 19.8. The van der Waals surface area contributed by atoms with Gasteiger partial charge in [-0.25, -0.2) is 0 Å². The highest BCUT2D eigenvalue weighted by Gasteiger charge is 2.28. The second-order valence-electron chi connectivity index (χ2n) is 18.4. The van der Waals surface area contributed by atoms with Gasteiger partial charge < -0.3 is 9.30 Å². The second-order valence-corrected chi connectivity index (χ2v) is 18.4. The summed E-state index contributed by atoms with van der Waals surface area (Å²) in [5.74, 6) is 1.69. The molecule has 1 atom stereocenters. The van der Waals surface area contributed by atoms with Crippen LogP contribution in [0.4, 0.5) is 0 Å². The number of allylic oxidation sites excluding steroid dienone is 2. The topological polar surface area (TPSA) is 31.2 Å². The van der Waals surface area contributed by atoms with Gasteiger partial charge in [0.2, 0.25) is 0 Å². The highest BCUT2D eigenvalue weighted by molar-refractivity contribution is 5.97. The maximum absolute atomic E-state index is 12.2. The molecule has 0 bridgehead atoms. The summed E-state index contributed by atoms with van der Waals surface area (Å²) in [4.78, 5) is 12.2. The van der Waals surface area contributed by atoms with Gasteiger partial charge in [-0.05, 0) is 130 Å². The highest BCUT2D eigenvalue weighted by Crippen LogP contribution is 2.34. The molecule has 3 nitrogen and oxygen atoms in total. The Bertz CT molecular complexity index is 1480. The first-order chi connectivity index (χ1) is 23.7. The number of hydrogen-bond acceptors (Lipinski definition) is 2. The van der Waals surface area contributed by atoms with Crippen LogP contribution in [-0.2, 0) is 12.0 Å². The van der Waals surface area contributed by atoms with Crippen LogP contribution in [0.25, 0.3) is 0 Å². The third-order valence-electron chi connectivity index (χ3n) is 10.1. The number of aromatic nitrogens is 1. The number of hydrogen-bond donors (Lipinski definition) is 0. The summed E-state index contributed by atoms with van der Waals surface area (Å²) in [7, 11) is 1.67. The van der Waals surface area contributed by atoms with Gasteiger partial charge in [-0.3, -0.25) is 4.79 Å². The molecule has 1 aliphatic carbocycles. The molecule has 0 aliphatic heterocycles. The van der Waals surface area contributed by atoms with Crippen LogP contribution in [0, 0.1) is 24.7 Å². The van der Waals surface area contributed by atoms with Gasteiger partial charge in [0.25, 0.3) is 0 Å². The molecule has 0 saturated heterocycles. The number of carbonyl (C=O) groups is 1. The molecule has 0 saturated carbocycles. The van der Waals surface area contributed by atoms with Crippen LogP contribution in [0.3, 0.4) is 0 Å². The van der Waals surface area contributed by atoms with Gasteiger partial charge in [0, 0.05) is 23.5 Å². The van der Waals surface area contributed by atoms with E-state index in [1.165, 1.54) is 81.0 Å². The van der Waals surface area contributed by atoms with Crippen molar-refractivity contribution in [3.05, 3.63) is 99.9 Å². The van der Waals surface area contributed by atoms with E-state index in [1.54, 1.807) is 19.6 Å². The van der Waals surface area contributed by atoms with Crippen LogP contribution < -0.4 is 4.74 Å². The van der Waals surface area contributed by atoms with E-state index in [0.29, 0.717) is 16.7 Å². The molecule has 0 amide bonds. The number of rotatable bonds is 11. The number of methoxy groups -OCH3 is 1. The van der Waals surface area contributed by atoms with Crippen LogP contribution in [0.1, 0.15) is 185 Å². The van der Waals surface area contributed by atoms with Crippen molar-refractivity contribution in [1.82, 2.24) is 4.57 Å². The predicted octanol–water partition coefficient (Wildman–Crippen LogP) is 14.4. The average Bonchev–Trinajstić information content (AvgIpc) is 3.32. The number of unbranched alkanes of at least 4 members (excludes halogenated alkanes) is 1. The minimum Gasteiger partial charge on any atom is -0.497 e. The van der Waals surface area contributed by atoms with E-state index >= 15 is 0 Å². The van der Waals surface area contributed by atoms with Gasteiger partial charge in [-0.15, -0.1) is 0 Å². The van der Waals surface area contributed by atoms with Gasteiger partial charge in [0.05, 0.1) is 7.11 Å². The molecule has 0 N–H and O–H groups in total. The van der Waals surface area contributed by atoms with E-state index in [2.05, 4.69) is 129 Å².